The first kappa shape index (κ1) is 13.0. The lowest BCUT2D eigenvalue weighted by Gasteiger charge is -2.08. The quantitative estimate of drug-likeness (QED) is 0.916. The third-order valence-corrected chi connectivity index (χ3v) is 3.12. The molecule has 4 heteroatoms. The van der Waals surface area contributed by atoms with Crippen LogP contribution in [0.1, 0.15) is 24.7 Å². The largest absolute Gasteiger partial charge is 0.369 e. The highest BCUT2D eigenvalue weighted by molar-refractivity contribution is 9.10. The van der Waals surface area contributed by atoms with Crippen LogP contribution >= 0.6 is 15.9 Å². The lowest BCUT2D eigenvalue weighted by Crippen LogP contribution is -2.06. The summed E-state index contributed by atoms with van der Waals surface area (Å²) < 4.78 is 0.910. The molecule has 1 aromatic carbocycles. The Bertz CT molecular complexity index is 500. The van der Waals surface area contributed by atoms with Gasteiger partial charge in [0.2, 0.25) is 0 Å². The van der Waals surface area contributed by atoms with Crippen LogP contribution in [0, 0.1) is 0 Å². The third kappa shape index (κ3) is 3.53. The second-order valence-corrected chi connectivity index (χ2v) is 4.93. The monoisotopic (exact) mass is 305 g/mol. The average Bonchev–Trinajstić information content (AvgIpc) is 2.40. The molecular formula is C14H16BrN3. The number of anilines is 1. The summed E-state index contributed by atoms with van der Waals surface area (Å²) in [6, 6.07) is 10.3. The van der Waals surface area contributed by atoms with Crippen molar-refractivity contribution < 1.29 is 0 Å². The smallest absolute Gasteiger partial charge is 0.144 e. The van der Waals surface area contributed by atoms with E-state index in [9.17, 15) is 0 Å². The average molecular weight is 306 g/mol. The van der Waals surface area contributed by atoms with Gasteiger partial charge < -0.3 is 5.32 Å². The standard InChI is InChI=1S/C14H16BrN3/c1-2-8-16-14-12(15)10-17-13(18-14)9-11-6-4-3-5-7-11/h3-7,10H,2,8-9H2,1H3,(H,16,17,18). The van der Waals surface area contributed by atoms with E-state index in [1.54, 1.807) is 0 Å². The summed E-state index contributed by atoms with van der Waals surface area (Å²) >= 11 is 3.46. The topological polar surface area (TPSA) is 37.8 Å². The van der Waals surface area contributed by atoms with Gasteiger partial charge in [0.25, 0.3) is 0 Å². The Morgan fingerprint density at radius 2 is 2.00 bits per heavy atom. The van der Waals surface area contributed by atoms with Crippen molar-refractivity contribution in [1.29, 1.82) is 0 Å². The van der Waals surface area contributed by atoms with Crippen molar-refractivity contribution >= 4 is 21.7 Å². The number of aromatic nitrogens is 2. The Labute approximate surface area is 116 Å². The van der Waals surface area contributed by atoms with Crippen LogP contribution in [-0.2, 0) is 6.42 Å². The number of halogens is 1. The minimum absolute atomic E-state index is 0.759. The molecule has 0 saturated heterocycles. The molecule has 0 spiro atoms. The molecule has 0 atom stereocenters. The summed E-state index contributed by atoms with van der Waals surface area (Å²) in [7, 11) is 0. The fourth-order valence-electron chi connectivity index (χ4n) is 1.63. The molecule has 3 nitrogen and oxygen atoms in total. The molecule has 94 valence electrons. The molecule has 18 heavy (non-hydrogen) atoms. The molecule has 0 aliphatic heterocycles. The van der Waals surface area contributed by atoms with Gasteiger partial charge in [0, 0.05) is 19.2 Å². The predicted molar refractivity (Wildman–Crippen MR) is 77.8 cm³/mol. The van der Waals surface area contributed by atoms with E-state index < -0.39 is 0 Å². The normalized spacial score (nSPS) is 10.3. The Hall–Kier alpha value is -1.42. The van der Waals surface area contributed by atoms with Crippen LogP contribution in [0.5, 0.6) is 0 Å². The van der Waals surface area contributed by atoms with Crippen LogP contribution in [0.25, 0.3) is 0 Å². The van der Waals surface area contributed by atoms with Crippen LogP contribution in [0.3, 0.4) is 0 Å². The molecule has 0 aliphatic rings. The van der Waals surface area contributed by atoms with Crippen LogP contribution in [0.15, 0.2) is 41.0 Å². The second-order valence-electron chi connectivity index (χ2n) is 4.07. The zero-order valence-electron chi connectivity index (χ0n) is 10.4. The zero-order valence-corrected chi connectivity index (χ0v) is 11.9. The summed E-state index contributed by atoms with van der Waals surface area (Å²) in [4.78, 5) is 8.88. The number of rotatable bonds is 5. The fourth-order valence-corrected chi connectivity index (χ4v) is 1.97. The highest BCUT2D eigenvalue weighted by atomic mass is 79.9. The molecule has 0 bridgehead atoms. The third-order valence-electron chi connectivity index (χ3n) is 2.54. The maximum atomic E-state index is 4.54. The number of nitrogens with zero attached hydrogens (tertiary/aromatic N) is 2. The Kier molecular flexibility index (Phi) is 4.70. The molecule has 0 saturated carbocycles. The van der Waals surface area contributed by atoms with E-state index in [1.807, 2.05) is 24.4 Å². The molecule has 0 radical (unpaired) electrons. The van der Waals surface area contributed by atoms with E-state index in [-0.39, 0.29) is 0 Å². The van der Waals surface area contributed by atoms with Gasteiger partial charge in [-0.15, -0.1) is 0 Å². The van der Waals surface area contributed by atoms with E-state index in [0.29, 0.717) is 0 Å². The Balaban J connectivity index is 2.14. The van der Waals surface area contributed by atoms with E-state index >= 15 is 0 Å². The van der Waals surface area contributed by atoms with Crippen molar-refractivity contribution in [2.24, 2.45) is 0 Å². The molecule has 0 unspecified atom stereocenters. The Morgan fingerprint density at radius 1 is 1.22 bits per heavy atom. The van der Waals surface area contributed by atoms with Crippen LogP contribution in [0.4, 0.5) is 5.82 Å². The van der Waals surface area contributed by atoms with Crippen molar-refractivity contribution in [3.05, 3.63) is 52.4 Å². The molecule has 2 rings (SSSR count). The molecule has 0 fully saturated rings. The summed E-state index contributed by atoms with van der Waals surface area (Å²) in [5, 5.41) is 3.29. The van der Waals surface area contributed by atoms with Gasteiger partial charge in [-0.3, -0.25) is 0 Å². The van der Waals surface area contributed by atoms with E-state index in [1.165, 1.54) is 5.56 Å². The molecular weight excluding hydrogens is 290 g/mol. The first-order chi connectivity index (χ1) is 8.79. The maximum Gasteiger partial charge on any atom is 0.144 e. The van der Waals surface area contributed by atoms with Gasteiger partial charge in [0.05, 0.1) is 4.47 Å². The van der Waals surface area contributed by atoms with Crippen LogP contribution < -0.4 is 5.32 Å². The molecule has 1 N–H and O–H groups in total. The summed E-state index contributed by atoms with van der Waals surface area (Å²) in [6.07, 6.45) is 3.64. The van der Waals surface area contributed by atoms with E-state index in [0.717, 1.165) is 35.5 Å². The summed E-state index contributed by atoms with van der Waals surface area (Å²) in [5.74, 6) is 1.71. The molecule has 1 heterocycles. The number of nitrogens with one attached hydrogen (secondary N) is 1. The predicted octanol–water partition coefficient (Wildman–Crippen LogP) is 3.65. The lowest BCUT2D eigenvalue weighted by atomic mass is 10.1. The molecule has 2 aromatic rings. The SMILES string of the molecule is CCCNc1nc(Cc2ccccc2)ncc1Br. The number of benzene rings is 1. The molecule has 1 aromatic heterocycles. The van der Waals surface area contributed by atoms with Gasteiger partial charge in [-0.05, 0) is 27.9 Å². The first-order valence-electron chi connectivity index (χ1n) is 6.09. The van der Waals surface area contributed by atoms with Crippen molar-refractivity contribution in [2.45, 2.75) is 19.8 Å². The maximum absolute atomic E-state index is 4.54. The van der Waals surface area contributed by atoms with Gasteiger partial charge in [0.15, 0.2) is 0 Å². The van der Waals surface area contributed by atoms with Crippen molar-refractivity contribution in [3.8, 4) is 0 Å². The van der Waals surface area contributed by atoms with Crippen molar-refractivity contribution in [1.82, 2.24) is 9.97 Å². The number of hydrogen-bond acceptors (Lipinski definition) is 3. The van der Waals surface area contributed by atoms with Gasteiger partial charge in [-0.2, -0.15) is 0 Å². The van der Waals surface area contributed by atoms with Gasteiger partial charge in [-0.1, -0.05) is 37.3 Å². The van der Waals surface area contributed by atoms with Crippen LogP contribution in [0.2, 0.25) is 0 Å². The summed E-state index contributed by atoms with van der Waals surface area (Å²) in [5.41, 5.74) is 1.22. The summed E-state index contributed by atoms with van der Waals surface area (Å²) in [6.45, 7) is 3.05. The van der Waals surface area contributed by atoms with Crippen molar-refractivity contribution in [3.63, 3.8) is 0 Å². The van der Waals surface area contributed by atoms with Crippen LogP contribution in [-0.4, -0.2) is 16.5 Å². The van der Waals surface area contributed by atoms with E-state index in [4.69, 9.17) is 0 Å². The molecule has 0 aliphatic carbocycles. The van der Waals surface area contributed by atoms with Gasteiger partial charge >= 0.3 is 0 Å². The second kappa shape index (κ2) is 6.50. The highest BCUT2D eigenvalue weighted by Crippen LogP contribution is 2.19. The lowest BCUT2D eigenvalue weighted by molar-refractivity contribution is 0.927. The highest BCUT2D eigenvalue weighted by Gasteiger charge is 2.05. The number of hydrogen-bond donors (Lipinski definition) is 1. The Morgan fingerprint density at radius 3 is 2.72 bits per heavy atom. The minimum Gasteiger partial charge on any atom is -0.369 e. The zero-order chi connectivity index (χ0) is 12.8. The van der Waals surface area contributed by atoms with Gasteiger partial charge in [-0.25, -0.2) is 9.97 Å². The minimum atomic E-state index is 0.759. The fraction of sp³-hybridized carbons (Fsp3) is 0.286. The van der Waals surface area contributed by atoms with E-state index in [2.05, 4.69) is 50.3 Å². The molecule has 0 amide bonds. The van der Waals surface area contributed by atoms with Crippen molar-refractivity contribution in [2.75, 3.05) is 11.9 Å². The first-order valence-corrected chi connectivity index (χ1v) is 6.88. The van der Waals surface area contributed by atoms with Gasteiger partial charge in [0.1, 0.15) is 11.6 Å².